The molecule has 1 aromatic heterocycles. The number of aryl methyl sites for hydroxylation is 1. The van der Waals surface area contributed by atoms with Crippen molar-refractivity contribution in [1.29, 1.82) is 0 Å². The highest BCUT2D eigenvalue weighted by atomic mass is 35.5. The van der Waals surface area contributed by atoms with Gasteiger partial charge in [0.1, 0.15) is 5.75 Å². The molecule has 0 amide bonds. The molecular weight excluding hydrogens is 262 g/mol. The Hall–Kier alpha value is -1.52. The predicted octanol–water partition coefficient (Wildman–Crippen LogP) is 2.71. The number of hydrogen-bond acceptors (Lipinski definition) is 3. The van der Waals surface area contributed by atoms with Gasteiger partial charge in [0.15, 0.2) is 0 Å². The first kappa shape index (κ1) is 13.9. The molecule has 0 aliphatic carbocycles. The average molecular weight is 280 g/mol. The Morgan fingerprint density at radius 2 is 2.21 bits per heavy atom. The quantitative estimate of drug-likeness (QED) is 0.916. The number of aromatic nitrogens is 2. The van der Waals surface area contributed by atoms with E-state index in [-0.39, 0.29) is 6.04 Å². The molecule has 2 N–H and O–H groups in total. The first-order valence-electron chi connectivity index (χ1n) is 6.22. The number of hydrogen-bond donors (Lipinski definition) is 1. The summed E-state index contributed by atoms with van der Waals surface area (Å²) in [6, 6.07) is 7.61. The van der Waals surface area contributed by atoms with Gasteiger partial charge in [0.2, 0.25) is 0 Å². The van der Waals surface area contributed by atoms with Gasteiger partial charge in [0, 0.05) is 31.4 Å². The van der Waals surface area contributed by atoms with E-state index in [1.165, 1.54) is 0 Å². The molecule has 0 aliphatic heterocycles. The molecule has 0 radical (unpaired) electrons. The fraction of sp³-hybridized carbons (Fsp3) is 0.357. The first-order valence-corrected chi connectivity index (χ1v) is 6.60. The largest absolute Gasteiger partial charge is 0.492 e. The Labute approximate surface area is 118 Å². The molecule has 0 saturated carbocycles. The van der Waals surface area contributed by atoms with Gasteiger partial charge in [-0.05, 0) is 30.7 Å². The molecule has 19 heavy (non-hydrogen) atoms. The van der Waals surface area contributed by atoms with Crippen LogP contribution in [0.4, 0.5) is 0 Å². The maximum Gasteiger partial charge on any atom is 0.137 e. The van der Waals surface area contributed by atoms with Gasteiger partial charge >= 0.3 is 0 Å². The van der Waals surface area contributed by atoms with E-state index in [0.717, 1.165) is 17.7 Å². The summed E-state index contributed by atoms with van der Waals surface area (Å²) >= 11 is 6.17. The van der Waals surface area contributed by atoms with Crippen LogP contribution in [0.3, 0.4) is 0 Å². The molecule has 1 atom stereocenters. The summed E-state index contributed by atoms with van der Waals surface area (Å²) in [6.45, 7) is 2.49. The molecule has 0 unspecified atom stereocenters. The molecule has 4 nitrogen and oxygen atoms in total. The second kappa shape index (κ2) is 6.08. The molecule has 102 valence electrons. The summed E-state index contributed by atoms with van der Waals surface area (Å²) in [5, 5.41) is 4.71. The summed E-state index contributed by atoms with van der Waals surface area (Å²) in [7, 11) is 1.92. The van der Waals surface area contributed by atoms with Crippen molar-refractivity contribution in [2.45, 2.75) is 19.4 Å². The zero-order chi connectivity index (χ0) is 13.8. The van der Waals surface area contributed by atoms with Gasteiger partial charge in [0.05, 0.1) is 11.6 Å². The second-order valence-corrected chi connectivity index (χ2v) is 4.93. The third-order valence-electron chi connectivity index (χ3n) is 3.02. The molecule has 1 heterocycles. The van der Waals surface area contributed by atoms with Gasteiger partial charge in [-0.2, -0.15) is 5.10 Å². The Morgan fingerprint density at radius 3 is 2.79 bits per heavy atom. The minimum Gasteiger partial charge on any atom is -0.492 e. The summed E-state index contributed by atoms with van der Waals surface area (Å²) < 4.78 is 7.52. The van der Waals surface area contributed by atoms with Gasteiger partial charge in [-0.15, -0.1) is 0 Å². The van der Waals surface area contributed by atoms with Gasteiger partial charge < -0.3 is 10.5 Å². The van der Waals surface area contributed by atoms with Crippen LogP contribution in [0.2, 0.25) is 5.02 Å². The van der Waals surface area contributed by atoms with Gasteiger partial charge in [-0.1, -0.05) is 17.7 Å². The molecule has 1 aromatic carbocycles. The van der Waals surface area contributed by atoms with E-state index in [2.05, 4.69) is 5.10 Å². The zero-order valence-electron chi connectivity index (χ0n) is 11.1. The van der Waals surface area contributed by atoms with Crippen LogP contribution in [-0.4, -0.2) is 16.4 Å². The van der Waals surface area contributed by atoms with E-state index in [9.17, 15) is 0 Å². The average Bonchev–Trinajstić information content (AvgIpc) is 2.77. The topological polar surface area (TPSA) is 53.1 Å². The molecular formula is C14H18ClN3O. The number of nitrogens with zero attached hydrogens (tertiary/aromatic N) is 2. The third-order valence-corrected chi connectivity index (χ3v) is 3.32. The molecule has 2 rings (SSSR count). The summed E-state index contributed by atoms with van der Waals surface area (Å²) in [5.74, 6) is 0.688. The highest BCUT2D eigenvalue weighted by Crippen LogP contribution is 2.27. The van der Waals surface area contributed by atoms with Crippen LogP contribution in [0.15, 0.2) is 30.5 Å². The van der Waals surface area contributed by atoms with Crippen LogP contribution in [0.25, 0.3) is 0 Å². The smallest absolute Gasteiger partial charge is 0.137 e. The highest BCUT2D eigenvalue weighted by molar-refractivity contribution is 6.32. The Bertz CT molecular complexity index is 551. The van der Waals surface area contributed by atoms with Crippen molar-refractivity contribution in [2.24, 2.45) is 12.8 Å². The maximum absolute atomic E-state index is 6.17. The Balaban J connectivity index is 1.95. The maximum atomic E-state index is 6.17. The number of rotatable bonds is 5. The predicted molar refractivity (Wildman–Crippen MR) is 76.5 cm³/mol. The zero-order valence-corrected chi connectivity index (χ0v) is 11.9. The number of halogens is 1. The molecule has 0 spiro atoms. The summed E-state index contributed by atoms with van der Waals surface area (Å²) in [6.07, 6.45) is 2.57. The van der Waals surface area contributed by atoms with E-state index >= 15 is 0 Å². The van der Waals surface area contributed by atoms with Crippen LogP contribution in [-0.2, 0) is 13.5 Å². The van der Waals surface area contributed by atoms with Crippen molar-refractivity contribution in [3.8, 4) is 5.75 Å². The summed E-state index contributed by atoms with van der Waals surface area (Å²) in [5.41, 5.74) is 7.94. The third kappa shape index (κ3) is 3.49. The summed E-state index contributed by atoms with van der Waals surface area (Å²) in [4.78, 5) is 0. The lowest BCUT2D eigenvalue weighted by Gasteiger charge is -2.11. The van der Waals surface area contributed by atoms with Crippen molar-refractivity contribution in [2.75, 3.05) is 6.61 Å². The molecule has 0 bridgehead atoms. The minimum atomic E-state index is -0.0269. The van der Waals surface area contributed by atoms with Crippen molar-refractivity contribution in [3.05, 3.63) is 46.7 Å². The minimum absolute atomic E-state index is 0.0269. The monoisotopic (exact) mass is 279 g/mol. The number of nitrogens with two attached hydrogens (primary N) is 1. The van der Waals surface area contributed by atoms with Crippen LogP contribution < -0.4 is 10.5 Å². The van der Waals surface area contributed by atoms with Crippen LogP contribution in [0.1, 0.15) is 24.2 Å². The van der Waals surface area contributed by atoms with Gasteiger partial charge in [-0.25, -0.2) is 0 Å². The van der Waals surface area contributed by atoms with Crippen LogP contribution in [0, 0.1) is 0 Å². The van der Waals surface area contributed by atoms with Crippen molar-refractivity contribution < 1.29 is 4.74 Å². The fourth-order valence-corrected chi connectivity index (χ4v) is 2.07. The lowest BCUT2D eigenvalue weighted by Crippen LogP contribution is -2.07. The highest BCUT2D eigenvalue weighted by Gasteiger charge is 2.06. The van der Waals surface area contributed by atoms with E-state index < -0.39 is 0 Å². The normalized spacial score (nSPS) is 12.4. The molecule has 5 heteroatoms. The molecule has 2 aromatic rings. The van der Waals surface area contributed by atoms with Gasteiger partial charge in [-0.3, -0.25) is 4.68 Å². The van der Waals surface area contributed by atoms with Crippen LogP contribution >= 0.6 is 11.6 Å². The fourth-order valence-electron chi connectivity index (χ4n) is 1.83. The van der Waals surface area contributed by atoms with Crippen molar-refractivity contribution in [1.82, 2.24) is 9.78 Å². The molecule has 0 saturated heterocycles. The van der Waals surface area contributed by atoms with E-state index in [0.29, 0.717) is 17.4 Å². The van der Waals surface area contributed by atoms with E-state index in [1.807, 2.05) is 42.9 Å². The SMILES string of the molecule is C[C@H](N)c1ccc(OCCc2ccnn2C)c(Cl)c1. The Morgan fingerprint density at radius 1 is 1.42 bits per heavy atom. The standard InChI is InChI=1S/C14H18ClN3O/c1-10(16)11-3-4-14(13(15)9-11)19-8-6-12-5-7-17-18(12)2/h3-5,7,9-10H,6,8,16H2,1-2H3/t10-/m0/s1. The van der Waals surface area contributed by atoms with Gasteiger partial charge in [0.25, 0.3) is 0 Å². The first-order chi connectivity index (χ1) is 9.08. The lowest BCUT2D eigenvalue weighted by atomic mass is 10.1. The van der Waals surface area contributed by atoms with Crippen molar-refractivity contribution >= 4 is 11.6 Å². The number of ether oxygens (including phenoxy) is 1. The van der Waals surface area contributed by atoms with E-state index in [1.54, 1.807) is 6.20 Å². The molecule has 0 fully saturated rings. The van der Waals surface area contributed by atoms with Crippen molar-refractivity contribution in [3.63, 3.8) is 0 Å². The second-order valence-electron chi connectivity index (χ2n) is 4.52. The van der Waals surface area contributed by atoms with E-state index in [4.69, 9.17) is 22.1 Å². The molecule has 0 aliphatic rings. The lowest BCUT2D eigenvalue weighted by molar-refractivity contribution is 0.318. The number of benzene rings is 1. The Kier molecular flexibility index (Phi) is 4.45. The van der Waals surface area contributed by atoms with Crippen LogP contribution in [0.5, 0.6) is 5.75 Å².